The van der Waals surface area contributed by atoms with Crippen molar-refractivity contribution in [1.82, 2.24) is 40.4 Å². The van der Waals surface area contributed by atoms with E-state index < -0.39 is 35.3 Å². The topological polar surface area (TPSA) is 193 Å². The quantitative estimate of drug-likeness (QED) is 0.102. The number of likely N-dealkylation sites (tertiary alicyclic amines) is 2. The summed E-state index contributed by atoms with van der Waals surface area (Å²) in [7, 11) is 2.61. The first kappa shape index (κ1) is 43.8. The molecule has 4 aliphatic heterocycles. The lowest BCUT2D eigenvalue weighted by molar-refractivity contribution is -0.139. The van der Waals surface area contributed by atoms with Gasteiger partial charge < -0.3 is 49.3 Å². The van der Waals surface area contributed by atoms with Crippen LogP contribution >= 0.6 is 0 Å². The molecule has 11 rings (SSSR count). The number of aromatic amines is 2. The van der Waals surface area contributed by atoms with E-state index in [0.29, 0.717) is 65.2 Å². The number of H-pyrrole nitrogens is 2. The van der Waals surface area contributed by atoms with Gasteiger partial charge in [-0.3, -0.25) is 9.59 Å². The van der Waals surface area contributed by atoms with Crippen LogP contribution < -0.4 is 10.6 Å². The van der Waals surface area contributed by atoms with E-state index in [1.165, 1.54) is 14.2 Å². The number of nitrogens with zero attached hydrogens (tertiary/aromatic N) is 4. The van der Waals surface area contributed by atoms with Crippen LogP contribution in [0.15, 0.2) is 97.4 Å². The fraction of sp³-hybridized carbons (Fsp3) is 0.423. The zero-order valence-electron chi connectivity index (χ0n) is 38.3. The van der Waals surface area contributed by atoms with Crippen molar-refractivity contribution in [2.45, 2.75) is 61.7 Å². The zero-order chi connectivity index (χ0) is 46.9. The molecule has 4 amide bonds. The van der Waals surface area contributed by atoms with Crippen molar-refractivity contribution in [3.63, 3.8) is 0 Å². The monoisotopic (exact) mass is 920 g/mol. The van der Waals surface area contributed by atoms with Crippen molar-refractivity contribution in [3.05, 3.63) is 109 Å². The van der Waals surface area contributed by atoms with E-state index in [1.807, 2.05) is 22.2 Å². The molecule has 5 aromatic rings. The lowest BCUT2D eigenvalue weighted by Crippen LogP contribution is -2.55. The summed E-state index contributed by atoms with van der Waals surface area (Å²) in [6, 6.07) is 19.7. The van der Waals surface area contributed by atoms with Crippen LogP contribution in [0.25, 0.3) is 44.4 Å². The minimum atomic E-state index is -0.737. The van der Waals surface area contributed by atoms with Crippen molar-refractivity contribution in [3.8, 4) is 33.6 Å². The Labute approximate surface area is 393 Å². The molecule has 6 atom stereocenters. The number of carbonyl (C=O) groups is 4. The van der Waals surface area contributed by atoms with Gasteiger partial charge in [-0.2, -0.15) is 0 Å². The maximum absolute atomic E-state index is 14.4. The lowest BCUT2D eigenvalue weighted by atomic mass is 9.90. The van der Waals surface area contributed by atoms with Crippen molar-refractivity contribution < 1.29 is 38.1 Å². The van der Waals surface area contributed by atoms with Crippen LogP contribution in [0, 0.1) is 23.7 Å². The number of benzene rings is 3. The van der Waals surface area contributed by atoms with E-state index in [0.717, 1.165) is 80.1 Å². The van der Waals surface area contributed by atoms with Gasteiger partial charge >= 0.3 is 12.2 Å². The van der Waals surface area contributed by atoms with Gasteiger partial charge in [0.05, 0.1) is 38.0 Å². The number of imidazole rings is 2. The highest BCUT2D eigenvalue weighted by Crippen LogP contribution is 2.65. The second-order valence-electron chi connectivity index (χ2n) is 19.3. The van der Waals surface area contributed by atoms with Gasteiger partial charge in [0.1, 0.15) is 34.8 Å². The highest BCUT2D eigenvalue weighted by atomic mass is 16.5. The number of carbonyl (C=O) groups excluding carboxylic acids is 4. The Balaban J connectivity index is 0.789. The molecule has 68 heavy (non-hydrogen) atoms. The summed E-state index contributed by atoms with van der Waals surface area (Å²) in [5.41, 5.74) is 6.50. The summed E-state index contributed by atoms with van der Waals surface area (Å²) >= 11 is 0. The highest BCUT2D eigenvalue weighted by molar-refractivity contribution is 5.92. The summed E-state index contributed by atoms with van der Waals surface area (Å²) in [6.45, 7) is 11.6. The van der Waals surface area contributed by atoms with Crippen LogP contribution in [-0.4, -0.2) is 120 Å². The molecule has 2 aromatic heterocycles. The van der Waals surface area contributed by atoms with Gasteiger partial charge in [0, 0.05) is 56.9 Å². The Kier molecular flexibility index (Phi) is 11.0. The second-order valence-corrected chi connectivity index (χ2v) is 19.3. The van der Waals surface area contributed by atoms with Crippen molar-refractivity contribution in [1.29, 1.82) is 0 Å². The highest BCUT2D eigenvalue weighted by Gasteiger charge is 2.70. The van der Waals surface area contributed by atoms with Gasteiger partial charge in [-0.25, -0.2) is 19.6 Å². The van der Waals surface area contributed by atoms with Crippen LogP contribution in [0.5, 0.6) is 0 Å². The van der Waals surface area contributed by atoms with Gasteiger partial charge in [-0.15, -0.1) is 0 Å². The molecule has 2 saturated carbocycles. The van der Waals surface area contributed by atoms with Crippen molar-refractivity contribution in [2.24, 2.45) is 23.7 Å². The molecule has 0 bridgehead atoms. The molecular formula is C52H56N8O8. The molecule has 2 aliphatic carbocycles. The smallest absolute Gasteiger partial charge is 0.407 e. The van der Waals surface area contributed by atoms with Crippen molar-refractivity contribution >= 4 is 34.8 Å². The van der Waals surface area contributed by atoms with Gasteiger partial charge in [0.2, 0.25) is 11.8 Å². The molecule has 0 spiro atoms. The first-order valence-electron chi connectivity index (χ1n) is 23.6. The second kappa shape index (κ2) is 17.1. The molecule has 4 N–H and O–H groups in total. The maximum Gasteiger partial charge on any atom is 0.407 e. The number of ether oxygens (including phenoxy) is 4. The van der Waals surface area contributed by atoms with Crippen LogP contribution in [0.4, 0.5) is 9.59 Å². The Bertz CT molecular complexity index is 2840. The Morgan fingerprint density at radius 2 is 1.04 bits per heavy atom. The molecule has 4 saturated heterocycles. The first-order chi connectivity index (χ1) is 33.0. The Morgan fingerprint density at radius 1 is 0.632 bits per heavy atom. The Hall–Kier alpha value is -6.78. The molecule has 16 nitrogen and oxygen atoms in total. The lowest BCUT2D eigenvalue weighted by Gasteiger charge is -2.35. The first-order valence-corrected chi connectivity index (χ1v) is 23.6. The minimum Gasteiger partial charge on any atom is -0.453 e. The summed E-state index contributed by atoms with van der Waals surface area (Å²) < 4.78 is 21.0. The number of amides is 4. The standard InChI is InChI=1S/C52H56N8O8/c1-29-27-59(45(61)43(57-49(63)65-3)33-13-17-67-18-14-33)51(23-39(29)51)47-53-25-41(55-47)32-7-5-31(6-8-32)35-9-10-37-22-38(12-11-36(37)21-35)42-26-54-48(56-42)52-24-40(52)30(2)28-60(52)46(62)44(58-50(64)66-4)34-15-19-68-20-16-34/h5-12,21-22,25-26,33-34,39-40,43-44H,1-2,13-20,23-24,27-28H2,3-4H3,(H,53,55)(H,54,56)(H,57,63)(H,58,64)/t39?,40?,43-,44-,51?,52?/m0/s1. The molecular weight excluding hydrogens is 865 g/mol. The molecule has 3 aromatic carbocycles. The molecule has 6 fully saturated rings. The van der Waals surface area contributed by atoms with E-state index >= 15 is 0 Å². The third-order valence-corrected chi connectivity index (χ3v) is 15.6. The number of rotatable bonds is 11. The molecule has 6 aliphatic rings. The zero-order valence-corrected chi connectivity index (χ0v) is 38.3. The number of piperidine rings is 2. The normalized spacial score (nSPS) is 25.4. The number of hydrogen-bond donors (Lipinski definition) is 4. The van der Waals surface area contributed by atoms with Gasteiger partial charge in [0.25, 0.3) is 0 Å². The van der Waals surface area contributed by atoms with Gasteiger partial charge in [0.15, 0.2) is 0 Å². The number of methoxy groups -OCH3 is 2. The average molecular weight is 921 g/mol. The summed E-state index contributed by atoms with van der Waals surface area (Å²) in [4.78, 5) is 74.2. The molecule has 0 radical (unpaired) electrons. The van der Waals surface area contributed by atoms with E-state index in [-0.39, 0.29) is 35.5 Å². The number of hydrogen-bond acceptors (Lipinski definition) is 10. The number of aromatic nitrogens is 4. The fourth-order valence-electron chi connectivity index (χ4n) is 11.7. The fourth-order valence-corrected chi connectivity index (χ4v) is 11.7. The number of nitrogens with one attached hydrogen (secondary N) is 4. The molecule has 16 heteroatoms. The van der Waals surface area contributed by atoms with Crippen LogP contribution in [-0.2, 0) is 39.6 Å². The predicted molar refractivity (Wildman–Crippen MR) is 252 cm³/mol. The molecule has 6 heterocycles. The third-order valence-electron chi connectivity index (χ3n) is 15.6. The van der Waals surface area contributed by atoms with E-state index in [9.17, 15) is 19.2 Å². The van der Waals surface area contributed by atoms with E-state index in [2.05, 4.69) is 94.4 Å². The van der Waals surface area contributed by atoms with Crippen LogP contribution in [0.2, 0.25) is 0 Å². The van der Waals surface area contributed by atoms with Crippen LogP contribution in [0.3, 0.4) is 0 Å². The summed E-state index contributed by atoms with van der Waals surface area (Å²) in [5.74, 6) is 1.19. The van der Waals surface area contributed by atoms with Crippen LogP contribution in [0.1, 0.15) is 50.2 Å². The van der Waals surface area contributed by atoms with Crippen molar-refractivity contribution in [2.75, 3.05) is 53.7 Å². The summed E-state index contributed by atoms with van der Waals surface area (Å²) in [6.07, 6.45) is 6.54. The predicted octanol–water partition coefficient (Wildman–Crippen LogP) is 6.82. The number of alkyl carbamates (subject to hydrolysis) is 2. The number of fused-ring (bicyclic) bond motifs is 3. The van der Waals surface area contributed by atoms with E-state index in [1.54, 1.807) is 0 Å². The minimum absolute atomic E-state index is 0.0662. The molecule has 352 valence electrons. The molecule has 4 unspecified atom stereocenters. The van der Waals surface area contributed by atoms with Gasteiger partial charge in [-0.05, 0) is 90.0 Å². The largest absolute Gasteiger partial charge is 0.453 e. The SMILES string of the molecule is C=C1CN(C(=O)[C@@H](NC(=O)OC)C2CCOCC2)C2(c3ncc(-c4ccc(-c5ccc6cc(-c7cnc(C89CC8C(=C)CN9C(=O)[C@@H](NC(=O)OC)C8CCOCC8)[nH]7)ccc6c5)cc4)[nH]3)CC12. The summed E-state index contributed by atoms with van der Waals surface area (Å²) in [5, 5.41) is 7.85. The Morgan fingerprint density at radius 3 is 1.50 bits per heavy atom. The maximum atomic E-state index is 14.4. The van der Waals surface area contributed by atoms with E-state index in [4.69, 9.17) is 28.9 Å². The van der Waals surface area contributed by atoms with Gasteiger partial charge in [-0.1, -0.05) is 72.8 Å². The third kappa shape index (κ3) is 7.35. The average Bonchev–Trinajstić information content (AvgIpc) is 4.01.